The molecule has 1 N–H and O–H groups in total. The third-order valence-corrected chi connectivity index (χ3v) is 6.88. The Morgan fingerprint density at radius 2 is 1.89 bits per heavy atom. The van der Waals surface area contributed by atoms with E-state index in [2.05, 4.69) is 15.3 Å². The van der Waals surface area contributed by atoms with Gasteiger partial charge < -0.3 is 10.1 Å². The molecule has 9 nitrogen and oxygen atoms in total. The molecule has 0 aromatic carbocycles. The molecule has 11 heteroatoms. The SMILES string of the molecule is CS(=O)(=O)N1CCC(Nc2ncc3c(n2)N(C2CCCC2)C(=O)[C@H](F)O3)CC1. The van der Waals surface area contributed by atoms with E-state index in [1.165, 1.54) is 21.7 Å². The Kier molecular flexibility index (Phi) is 5.13. The van der Waals surface area contributed by atoms with Crippen LogP contribution < -0.4 is 15.0 Å². The number of hydrogen-bond donors (Lipinski definition) is 1. The van der Waals surface area contributed by atoms with Crippen molar-refractivity contribution in [2.75, 3.05) is 29.6 Å². The first-order valence-electron chi connectivity index (χ1n) is 9.55. The quantitative estimate of drug-likeness (QED) is 0.793. The molecule has 2 aliphatic heterocycles. The van der Waals surface area contributed by atoms with Crippen LogP contribution in [0.1, 0.15) is 38.5 Å². The van der Waals surface area contributed by atoms with Crippen LogP contribution >= 0.6 is 0 Å². The van der Waals surface area contributed by atoms with Crippen LogP contribution in [0.5, 0.6) is 5.75 Å². The van der Waals surface area contributed by atoms with Crippen LogP contribution in [0.3, 0.4) is 0 Å². The van der Waals surface area contributed by atoms with Gasteiger partial charge in [0.25, 0.3) is 0 Å². The number of aromatic nitrogens is 2. The standard InChI is InChI=1S/C17H24FN5O4S/c1-28(25,26)22-8-6-11(7-9-22)20-17-19-10-13-15(21-17)23(12-4-2-3-5-12)16(24)14(18)27-13/h10-12,14H,2-9H2,1H3,(H,19,20,21)/t14-/m1/s1. The minimum absolute atomic E-state index is 0.0186. The molecule has 1 aromatic heterocycles. The molecular weight excluding hydrogens is 389 g/mol. The molecule has 28 heavy (non-hydrogen) atoms. The number of hydrogen-bond acceptors (Lipinski definition) is 7. The zero-order valence-electron chi connectivity index (χ0n) is 15.7. The third kappa shape index (κ3) is 3.77. The maximum Gasteiger partial charge on any atom is 0.317 e. The maximum absolute atomic E-state index is 14.0. The minimum atomic E-state index is -3.18. The predicted octanol–water partition coefficient (Wildman–Crippen LogP) is 1.28. The van der Waals surface area contributed by atoms with E-state index in [-0.39, 0.29) is 17.8 Å². The van der Waals surface area contributed by atoms with Crippen LogP contribution in [0.4, 0.5) is 16.2 Å². The molecule has 0 unspecified atom stereocenters. The van der Waals surface area contributed by atoms with E-state index in [0.29, 0.717) is 37.7 Å². The van der Waals surface area contributed by atoms with Crippen LogP contribution in [0.25, 0.3) is 0 Å². The van der Waals surface area contributed by atoms with Crippen molar-refractivity contribution in [2.24, 2.45) is 0 Å². The highest BCUT2D eigenvalue weighted by Gasteiger charge is 2.41. The highest BCUT2D eigenvalue weighted by atomic mass is 32.2. The van der Waals surface area contributed by atoms with E-state index >= 15 is 0 Å². The van der Waals surface area contributed by atoms with Crippen molar-refractivity contribution in [3.05, 3.63) is 6.20 Å². The van der Waals surface area contributed by atoms with Crippen LogP contribution in [0.2, 0.25) is 0 Å². The molecule has 154 valence electrons. The number of anilines is 2. The second kappa shape index (κ2) is 7.43. The first-order valence-corrected chi connectivity index (χ1v) is 11.4. The van der Waals surface area contributed by atoms with Gasteiger partial charge in [0, 0.05) is 25.2 Å². The lowest BCUT2D eigenvalue weighted by Crippen LogP contribution is -2.49. The predicted molar refractivity (Wildman–Crippen MR) is 100 cm³/mol. The summed E-state index contributed by atoms with van der Waals surface area (Å²) in [6.07, 6.45) is 5.44. The van der Waals surface area contributed by atoms with Crippen molar-refractivity contribution >= 4 is 27.7 Å². The van der Waals surface area contributed by atoms with Gasteiger partial charge >= 0.3 is 12.3 Å². The van der Waals surface area contributed by atoms with Gasteiger partial charge in [-0.25, -0.2) is 17.7 Å². The summed E-state index contributed by atoms with van der Waals surface area (Å²) in [5, 5.41) is 3.21. The van der Waals surface area contributed by atoms with E-state index in [4.69, 9.17) is 4.74 Å². The Balaban J connectivity index is 1.51. The Bertz CT molecular complexity index is 853. The number of alkyl halides is 1. The Morgan fingerprint density at radius 3 is 2.54 bits per heavy atom. The zero-order valence-corrected chi connectivity index (χ0v) is 16.5. The number of halogens is 1. The van der Waals surface area contributed by atoms with Crippen molar-refractivity contribution < 1.29 is 22.3 Å². The van der Waals surface area contributed by atoms with Gasteiger partial charge in [0.1, 0.15) is 0 Å². The Labute approximate surface area is 163 Å². The largest absolute Gasteiger partial charge is 0.446 e. The molecule has 1 saturated heterocycles. The summed E-state index contributed by atoms with van der Waals surface area (Å²) in [5.74, 6) is 0.0760. The number of piperidine rings is 1. The van der Waals surface area contributed by atoms with E-state index in [1.807, 2.05) is 0 Å². The lowest BCUT2D eigenvalue weighted by Gasteiger charge is -2.34. The second-order valence-electron chi connectivity index (χ2n) is 7.54. The summed E-state index contributed by atoms with van der Waals surface area (Å²) in [6.45, 7) is 0.863. The molecule has 3 aliphatic rings. The zero-order chi connectivity index (χ0) is 19.9. The number of nitrogens with one attached hydrogen (secondary N) is 1. The topological polar surface area (TPSA) is 105 Å². The van der Waals surface area contributed by atoms with E-state index in [0.717, 1.165) is 25.7 Å². The van der Waals surface area contributed by atoms with Crippen molar-refractivity contribution in [3.8, 4) is 5.75 Å². The first-order chi connectivity index (χ1) is 13.3. The number of fused-ring (bicyclic) bond motifs is 1. The number of amides is 1. The maximum atomic E-state index is 14.0. The molecule has 1 amide bonds. The van der Waals surface area contributed by atoms with Gasteiger partial charge in [-0.05, 0) is 25.7 Å². The number of ether oxygens (including phenoxy) is 1. The molecule has 1 atom stereocenters. The molecule has 1 aliphatic carbocycles. The van der Waals surface area contributed by atoms with E-state index < -0.39 is 22.3 Å². The smallest absolute Gasteiger partial charge is 0.317 e. The Hall–Kier alpha value is -2.01. The molecule has 0 bridgehead atoms. The van der Waals surface area contributed by atoms with Gasteiger partial charge in [-0.1, -0.05) is 12.8 Å². The summed E-state index contributed by atoms with van der Waals surface area (Å²) in [5.41, 5.74) is 0. The minimum Gasteiger partial charge on any atom is -0.446 e. The summed E-state index contributed by atoms with van der Waals surface area (Å²) in [6, 6.07) is -0.0562. The van der Waals surface area contributed by atoms with Crippen LogP contribution in [0.15, 0.2) is 6.20 Å². The van der Waals surface area contributed by atoms with Crippen molar-refractivity contribution in [1.29, 1.82) is 0 Å². The lowest BCUT2D eigenvalue weighted by atomic mass is 10.1. The number of rotatable bonds is 4. The van der Waals surface area contributed by atoms with Crippen LogP contribution in [-0.4, -0.2) is 66.4 Å². The lowest BCUT2D eigenvalue weighted by molar-refractivity contribution is -0.134. The van der Waals surface area contributed by atoms with Crippen molar-refractivity contribution in [3.63, 3.8) is 0 Å². The number of carbonyl (C=O) groups excluding carboxylic acids is 1. The Morgan fingerprint density at radius 1 is 1.21 bits per heavy atom. The van der Waals surface area contributed by atoms with Gasteiger partial charge in [-0.15, -0.1) is 0 Å². The summed E-state index contributed by atoms with van der Waals surface area (Å²) < 4.78 is 43.8. The van der Waals surface area contributed by atoms with Crippen LogP contribution in [0, 0.1) is 0 Å². The molecule has 3 heterocycles. The highest BCUT2D eigenvalue weighted by molar-refractivity contribution is 7.88. The molecule has 0 radical (unpaired) electrons. The average molecular weight is 413 g/mol. The van der Waals surface area contributed by atoms with Gasteiger partial charge in [0.2, 0.25) is 16.0 Å². The summed E-state index contributed by atoms with van der Waals surface area (Å²) >= 11 is 0. The van der Waals surface area contributed by atoms with E-state index in [1.54, 1.807) is 0 Å². The molecule has 2 fully saturated rings. The van der Waals surface area contributed by atoms with Gasteiger partial charge in [-0.3, -0.25) is 9.69 Å². The van der Waals surface area contributed by atoms with E-state index in [9.17, 15) is 17.6 Å². The fourth-order valence-electron chi connectivity index (χ4n) is 4.09. The summed E-state index contributed by atoms with van der Waals surface area (Å²) in [7, 11) is -3.18. The van der Waals surface area contributed by atoms with Gasteiger partial charge in [0.05, 0.1) is 12.5 Å². The van der Waals surface area contributed by atoms with Crippen LogP contribution in [-0.2, 0) is 14.8 Å². The molecule has 1 saturated carbocycles. The molecule has 1 aromatic rings. The van der Waals surface area contributed by atoms with Crippen molar-refractivity contribution in [1.82, 2.24) is 14.3 Å². The average Bonchev–Trinajstić information content (AvgIpc) is 3.17. The highest BCUT2D eigenvalue weighted by Crippen LogP contribution is 2.38. The fraction of sp³-hybridized carbons (Fsp3) is 0.706. The van der Waals surface area contributed by atoms with Crippen molar-refractivity contribution in [2.45, 2.75) is 57.0 Å². The molecular formula is C17H24FN5O4S. The number of nitrogens with zero attached hydrogens (tertiary/aromatic N) is 4. The number of sulfonamides is 1. The molecule has 0 spiro atoms. The monoisotopic (exact) mass is 413 g/mol. The third-order valence-electron chi connectivity index (χ3n) is 5.57. The number of carbonyl (C=O) groups is 1. The van der Waals surface area contributed by atoms with Gasteiger partial charge in [-0.2, -0.15) is 9.37 Å². The normalized spacial score (nSPS) is 24.9. The first kappa shape index (κ1) is 19.3. The van der Waals surface area contributed by atoms with Gasteiger partial charge in [0.15, 0.2) is 11.6 Å². The second-order valence-corrected chi connectivity index (χ2v) is 9.52. The summed E-state index contributed by atoms with van der Waals surface area (Å²) in [4.78, 5) is 22.5. The molecule has 4 rings (SSSR count). The fourth-order valence-corrected chi connectivity index (χ4v) is 4.97.